The molecule has 0 aromatic heterocycles. The minimum atomic E-state index is 0.448. The second kappa shape index (κ2) is 3.62. The molecule has 0 spiro atoms. The fraction of sp³-hybridized carbons (Fsp3) is 0.750. The number of rotatable bonds is 2. The van der Waals surface area contributed by atoms with Crippen molar-refractivity contribution in [2.45, 2.75) is 20.0 Å². The van der Waals surface area contributed by atoms with Crippen molar-refractivity contribution in [3.8, 4) is 0 Å². The standard InChI is InChI=1S/C8H17N3/c1-4-11(3)8-6-9-7(2)5-10-8/h5,8-10H,4,6H2,1-3H3. The van der Waals surface area contributed by atoms with Crippen LogP contribution in [0.2, 0.25) is 0 Å². The first-order valence-electron chi connectivity index (χ1n) is 4.11. The molecule has 0 aromatic rings. The summed E-state index contributed by atoms with van der Waals surface area (Å²) in [4.78, 5) is 2.27. The van der Waals surface area contributed by atoms with Crippen LogP contribution < -0.4 is 10.6 Å². The molecule has 0 amide bonds. The predicted octanol–water partition coefficient (Wildman–Crippen LogP) is 0.318. The van der Waals surface area contributed by atoms with E-state index >= 15 is 0 Å². The first kappa shape index (κ1) is 8.40. The Hall–Kier alpha value is -0.700. The van der Waals surface area contributed by atoms with Gasteiger partial charge in [-0.1, -0.05) is 6.92 Å². The van der Waals surface area contributed by atoms with Crippen molar-refractivity contribution < 1.29 is 0 Å². The molecule has 2 N–H and O–H groups in total. The van der Waals surface area contributed by atoms with Gasteiger partial charge in [-0.2, -0.15) is 0 Å². The van der Waals surface area contributed by atoms with Crippen LogP contribution >= 0.6 is 0 Å². The number of nitrogens with one attached hydrogen (secondary N) is 2. The number of hydrogen-bond donors (Lipinski definition) is 2. The third kappa shape index (κ3) is 2.12. The Bertz CT molecular complexity index is 153. The van der Waals surface area contributed by atoms with Gasteiger partial charge in [0.15, 0.2) is 0 Å². The molecule has 0 bridgehead atoms. The van der Waals surface area contributed by atoms with Crippen LogP contribution in [0.4, 0.5) is 0 Å². The molecule has 3 nitrogen and oxygen atoms in total. The lowest BCUT2D eigenvalue weighted by Gasteiger charge is -2.31. The van der Waals surface area contributed by atoms with Gasteiger partial charge in [0.05, 0.1) is 6.17 Å². The van der Waals surface area contributed by atoms with Gasteiger partial charge in [0.25, 0.3) is 0 Å². The molecule has 0 saturated heterocycles. The molecule has 1 unspecified atom stereocenters. The third-order valence-electron chi connectivity index (χ3n) is 2.10. The molecule has 3 heteroatoms. The highest BCUT2D eigenvalue weighted by Gasteiger charge is 2.13. The fourth-order valence-corrected chi connectivity index (χ4v) is 1.09. The highest BCUT2D eigenvalue weighted by molar-refractivity contribution is 5.00. The largest absolute Gasteiger partial charge is 0.384 e. The summed E-state index contributed by atoms with van der Waals surface area (Å²) in [7, 11) is 2.12. The molecule has 0 fully saturated rings. The molecule has 1 heterocycles. The maximum Gasteiger partial charge on any atom is 0.0964 e. The van der Waals surface area contributed by atoms with Crippen LogP contribution in [0, 0.1) is 0 Å². The van der Waals surface area contributed by atoms with Crippen molar-refractivity contribution in [1.29, 1.82) is 0 Å². The van der Waals surface area contributed by atoms with Gasteiger partial charge in [-0.3, -0.25) is 4.90 Å². The second-order valence-electron chi connectivity index (χ2n) is 2.96. The van der Waals surface area contributed by atoms with E-state index in [1.165, 1.54) is 5.70 Å². The topological polar surface area (TPSA) is 27.3 Å². The van der Waals surface area contributed by atoms with E-state index in [2.05, 4.69) is 36.4 Å². The maximum atomic E-state index is 3.32. The van der Waals surface area contributed by atoms with E-state index in [4.69, 9.17) is 0 Å². The van der Waals surface area contributed by atoms with Crippen LogP contribution in [0.25, 0.3) is 0 Å². The van der Waals surface area contributed by atoms with E-state index in [1.807, 2.05) is 6.20 Å². The molecule has 1 aliphatic rings. The Balaban J connectivity index is 2.40. The molecule has 0 aliphatic carbocycles. The second-order valence-corrected chi connectivity index (χ2v) is 2.96. The zero-order valence-electron chi connectivity index (χ0n) is 7.52. The Labute approximate surface area is 68.5 Å². The van der Waals surface area contributed by atoms with Crippen molar-refractivity contribution in [3.05, 3.63) is 11.9 Å². The SMILES string of the molecule is CCN(C)C1CNC(C)=CN1. The molecule has 1 atom stereocenters. The van der Waals surface area contributed by atoms with Gasteiger partial charge in [0.1, 0.15) is 0 Å². The number of allylic oxidation sites excluding steroid dienone is 1. The minimum Gasteiger partial charge on any atom is -0.384 e. The van der Waals surface area contributed by atoms with Crippen LogP contribution in [-0.2, 0) is 0 Å². The molecular formula is C8H17N3. The van der Waals surface area contributed by atoms with E-state index in [-0.39, 0.29) is 0 Å². The van der Waals surface area contributed by atoms with Crippen LogP contribution in [0.3, 0.4) is 0 Å². The molecular weight excluding hydrogens is 138 g/mol. The van der Waals surface area contributed by atoms with Crippen molar-refractivity contribution in [1.82, 2.24) is 15.5 Å². The van der Waals surface area contributed by atoms with E-state index in [0.717, 1.165) is 13.1 Å². The summed E-state index contributed by atoms with van der Waals surface area (Å²) in [5.41, 5.74) is 1.21. The number of hydrogen-bond acceptors (Lipinski definition) is 3. The van der Waals surface area contributed by atoms with Gasteiger partial charge < -0.3 is 10.6 Å². The summed E-state index contributed by atoms with van der Waals surface area (Å²) in [6.45, 7) is 6.29. The first-order chi connectivity index (χ1) is 5.24. The lowest BCUT2D eigenvalue weighted by molar-refractivity contribution is 0.221. The molecule has 0 radical (unpaired) electrons. The summed E-state index contributed by atoms with van der Waals surface area (Å²) in [6.07, 6.45) is 2.48. The first-order valence-corrected chi connectivity index (χ1v) is 4.11. The lowest BCUT2D eigenvalue weighted by atomic mass is 10.3. The van der Waals surface area contributed by atoms with Crippen molar-refractivity contribution in [2.24, 2.45) is 0 Å². The highest BCUT2D eigenvalue weighted by Crippen LogP contribution is 1.98. The van der Waals surface area contributed by atoms with Crippen LogP contribution in [-0.4, -0.2) is 31.2 Å². The molecule has 0 aromatic carbocycles. The maximum absolute atomic E-state index is 3.32. The number of likely N-dealkylation sites (N-methyl/N-ethyl adjacent to an activating group) is 1. The van der Waals surface area contributed by atoms with E-state index in [0.29, 0.717) is 6.17 Å². The molecule has 11 heavy (non-hydrogen) atoms. The quantitative estimate of drug-likeness (QED) is 0.601. The molecule has 0 saturated carbocycles. The fourth-order valence-electron chi connectivity index (χ4n) is 1.09. The zero-order valence-corrected chi connectivity index (χ0v) is 7.52. The molecule has 1 rings (SSSR count). The summed E-state index contributed by atoms with van der Waals surface area (Å²) in [5.74, 6) is 0. The monoisotopic (exact) mass is 155 g/mol. The summed E-state index contributed by atoms with van der Waals surface area (Å²) < 4.78 is 0. The average molecular weight is 155 g/mol. The lowest BCUT2D eigenvalue weighted by Crippen LogP contribution is -2.50. The van der Waals surface area contributed by atoms with Gasteiger partial charge in [-0.15, -0.1) is 0 Å². The highest BCUT2D eigenvalue weighted by atomic mass is 15.3. The smallest absolute Gasteiger partial charge is 0.0964 e. The normalized spacial score (nSPS) is 24.0. The third-order valence-corrected chi connectivity index (χ3v) is 2.10. The van der Waals surface area contributed by atoms with Crippen molar-refractivity contribution >= 4 is 0 Å². The Morgan fingerprint density at radius 1 is 1.73 bits per heavy atom. The predicted molar refractivity (Wildman–Crippen MR) is 47.0 cm³/mol. The van der Waals surface area contributed by atoms with Crippen LogP contribution in [0.5, 0.6) is 0 Å². The zero-order chi connectivity index (χ0) is 8.27. The van der Waals surface area contributed by atoms with Gasteiger partial charge in [0.2, 0.25) is 0 Å². The summed E-state index contributed by atoms with van der Waals surface area (Å²) in [6, 6.07) is 0. The van der Waals surface area contributed by atoms with Crippen molar-refractivity contribution in [2.75, 3.05) is 20.1 Å². The summed E-state index contributed by atoms with van der Waals surface area (Å²) >= 11 is 0. The van der Waals surface area contributed by atoms with E-state index < -0.39 is 0 Å². The van der Waals surface area contributed by atoms with Gasteiger partial charge in [-0.05, 0) is 20.5 Å². The summed E-state index contributed by atoms with van der Waals surface area (Å²) in [5, 5.41) is 6.63. The van der Waals surface area contributed by atoms with Gasteiger partial charge in [0, 0.05) is 18.4 Å². The molecule has 64 valence electrons. The Morgan fingerprint density at radius 3 is 2.91 bits per heavy atom. The van der Waals surface area contributed by atoms with Gasteiger partial charge in [-0.25, -0.2) is 0 Å². The van der Waals surface area contributed by atoms with Gasteiger partial charge >= 0.3 is 0 Å². The van der Waals surface area contributed by atoms with Crippen LogP contribution in [0.15, 0.2) is 11.9 Å². The van der Waals surface area contributed by atoms with Crippen LogP contribution in [0.1, 0.15) is 13.8 Å². The van der Waals surface area contributed by atoms with E-state index in [1.54, 1.807) is 0 Å². The molecule has 1 aliphatic heterocycles. The minimum absolute atomic E-state index is 0.448. The average Bonchev–Trinajstić information content (AvgIpc) is 2.05. The van der Waals surface area contributed by atoms with E-state index in [9.17, 15) is 0 Å². The Morgan fingerprint density at radius 2 is 2.45 bits per heavy atom. The van der Waals surface area contributed by atoms with Crippen molar-refractivity contribution in [3.63, 3.8) is 0 Å². The number of nitrogens with zero attached hydrogens (tertiary/aromatic N) is 1. The Kier molecular flexibility index (Phi) is 2.76.